The van der Waals surface area contributed by atoms with Crippen molar-refractivity contribution < 1.29 is 14.6 Å². The van der Waals surface area contributed by atoms with Crippen molar-refractivity contribution in [2.75, 3.05) is 13.2 Å². The van der Waals surface area contributed by atoms with Crippen LogP contribution in [0.15, 0.2) is 24.5 Å². The predicted octanol–water partition coefficient (Wildman–Crippen LogP) is 2.24. The van der Waals surface area contributed by atoms with Crippen LogP contribution in [0.25, 0.3) is 22.0 Å². The zero-order chi connectivity index (χ0) is 17.6. The Hall–Kier alpha value is -2.06. The van der Waals surface area contributed by atoms with Crippen molar-refractivity contribution in [1.82, 2.24) is 20.5 Å². The van der Waals surface area contributed by atoms with Crippen LogP contribution in [0.1, 0.15) is 5.69 Å². The third kappa shape index (κ3) is 2.69. The van der Waals surface area contributed by atoms with Gasteiger partial charge in [-0.25, -0.2) is 0 Å². The highest BCUT2D eigenvalue weighted by Crippen LogP contribution is 2.38. The fourth-order valence-electron chi connectivity index (χ4n) is 2.87. The van der Waals surface area contributed by atoms with E-state index < -0.39 is 11.5 Å². The summed E-state index contributed by atoms with van der Waals surface area (Å²) in [4.78, 5) is 15.4. The Kier molecular flexibility index (Phi) is 3.96. The maximum absolute atomic E-state index is 12.1. The Labute approximate surface area is 152 Å². The van der Waals surface area contributed by atoms with Crippen LogP contribution in [0.3, 0.4) is 0 Å². The van der Waals surface area contributed by atoms with Crippen LogP contribution < -0.4 is 5.32 Å². The van der Waals surface area contributed by atoms with Gasteiger partial charge in [-0.1, -0.05) is 29.3 Å². The molecule has 0 unspecified atom stereocenters. The molecule has 25 heavy (non-hydrogen) atoms. The van der Waals surface area contributed by atoms with Crippen LogP contribution in [0.4, 0.5) is 0 Å². The molecule has 1 amide bonds. The minimum Gasteiger partial charge on any atom is -0.376 e. The molecule has 130 valence electrons. The van der Waals surface area contributed by atoms with Crippen molar-refractivity contribution in [3.63, 3.8) is 0 Å². The lowest BCUT2D eigenvalue weighted by atomic mass is 10.0. The van der Waals surface area contributed by atoms with E-state index in [0.717, 1.165) is 22.2 Å². The summed E-state index contributed by atoms with van der Waals surface area (Å²) in [5, 5.41) is 21.2. The van der Waals surface area contributed by atoms with E-state index in [-0.39, 0.29) is 19.8 Å². The third-order valence-electron chi connectivity index (χ3n) is 4.26. The molecule has 2 aromatic heterocycles. The lowest BCUT2D eigenvalue weighted by molar-refractivity contribution is -0.190. The van der Waals surface area contributed by atoms with Crippen LogP contribution in [0.5, 0.6) is 0 Å². The Morgan fingerprint density at radius 2 is 2.20 bits per heavy atom. The maximum Gasteiger partial charge on any atom is 0.257 e. The molecule has 0 atom stereocenters. The van der Waals surface area contributed by atoms with Crippen LogP contribution in [-0.2, 0) is 16.1 Å². The Morgan fingerprint density at radius 1 is 1.40 bits per heavy atom. The number of ether oxygens (including phenoxy) is 1. The van der Waals surface area contributed by atoms with Crippen LogP contribution in [-0.4, -0.2) is 45.0 Å². The van der Waals surface area contributed by atoms with E-state index in [9.17, 15) is 9.90 Å². The number of H-pyrrole nitrogens is 2. The fourth-order valence-corrected chi connectivity index (χ4v) is 3.24. The molecule has 3 aromatic rings. The number of amides is 1. The van der Waals surface area contributed by atoms with E-state index in [1.54, 1.807) is 18.5 Å². The van der Waals surface area contributed by atoms with Crippen molar-refractivity contribution in [1.29, 1.82) is 0 Å². The second-order valence-electron chi connectivity index (χ2n) is 5.96. The average Bonchev–Trinajstić information content (AvgIpc) is 3.21. The molecule has 4 N–H and O–H groups in total. The molecule has 0 spiro atoms. The topological polar surface area (TPSA) is 103 Å². The first-order valence-corrected chi connectivity index (χ1v) is 8.31. The number of halogens is 2. The summed E-state index contributed by atoms with van der Waals surface area (Å²) < 4.78 is 4.91. The Bertz CT molecular complexity index is 948. The van der Waals surface area contributed by atoms with Crippen LogP contribution in [0.2, 0.25) is 10.0 Å². The van der Waals surface area contributed by atoms with Gasteiger partial charge in [-0.05, 0) is 6.07 Å². The lowest BCUT2D eigenvalue weighted by Crippen LogP contribution is -2.60. The number of aromatic nitrogens is 3. The van der Waals surface area contributed by atoms with E-state index in [1.165, 1.54) is 0 Å². The van der Waals surface area contributed by atoms with Gasteiger partial charge in [-0.3, -0.25) is 9.89 Å². The van der Waals surface area contributed by atoms with E-state index in [2.05, 4.69) is 20.5 Å². The third-order valence-corrected chi connectivity index (χ3v) is 5.06. The highest BCUT2D eigenvalue weighted by molar-refractivity contribution is 6.45. The van der Waals surface area contributed by atoms with Crippen molar-refractivity contribution in [2.45, 2.75) is 12.1 Å². The molecule has 0 bridgehead atoms. The van der Waals surface area contributed by atoms with Crippen LogP contribution >= 0.6 is 23.2 Å². The number of carbonyl (C=O) groups is 1. The first-order chi connectivity index (χ1) is 12.0. The number of hydrogen-bond donors (Lipinski definition) is 4. The molecule has 1 aliphatic rings. The molecular formula is C16H14Cl2N4O3. The average molecular weight is 381 g/mol. The number of fused-ring (bicyclic) bond motifs is 1. The van der Waals surface area contributed by atoms with Gasteiger partial charge in [0, 0.05) is 28.4 Å². The molecule has 0 saturated carbocycles. The van der Waals surface area contributed by atoms with E-state index >= 15 is 0 Å². The second-order valence-corrected chi connectivity index (χ2v) is 6.74. The lowest BCUT2D eigenvalue weighted by Gasteiger charge is -2.34. The SMILES string of the molecule is O=C(NCc1[nH]c2c(Cl)c(Cl)ccc2c1-c1cn[nH]c1)C1(O)COC1. The molecule has 4 rings (SSSR count). The quantitative estimate of drug-likeness (QED) is 0.557. The number of nitrogens with one attached hydrogen (secondary N) is 3. The molecule has 1 aliphatic heterocycles. The normalized spacial score (nSPS) is 16.0. The Balaban J connectivity index is 1.73. The van der Waals surface area contributed by atoms with E-state index in [4.69, 9.17) is 27.9 Å². The van der Waals surface area contributed by atoms with Crippen molar-refractivity contribution >= 4 is 40.0 Å². The number of aromatic amines is 2. The molecule has 0 radical (unpaired) electrons. The minimum atomic E-state index is -1.46. The zero-order valence-electron chi connectivity index (χ0n) is 12.9. The highest BCUT2D eigenvalue weighted by atomic mass is 35.5. The molecule has 1 fully saturated rings. The number of benzene rings is 1. The first kappa shape index (κ1) is 16.4. The molecule has 9 heteroatoms. The Morgan fingerprint density at radius 3 is 2.84 bits per heavy atom. The summed E-state index contributed by atoms with van der Waals surface area (Å²) in [5.41, 5.74) is 1.67. The molecule has 3 heterocycles. The molecule has 1 saturated heterocycles. The van der Waals surface area contributed by atoms with Gasteiger partial charge in [0.2, 0.25) is 0 Å². The standard InChI is InChI=1S/C16H14Cl2N4O3/c17-10-2-1-9-12(8-3-20-21-4-8)11(22-14(9)13(10)18)5-19-15(23)16(24)6-25-7-16/h1-4,22,24H,5-7H2,(H,19,23)(H,20,21). The summed E-state index contributed by atoms with van der Waals surface area (Å²) in [6.07, 6.45) is 3.44. The van der Waals surface area contributed by atoms with Gasteiger partial charge < -0.3 is 20.1 Å². The minimum absolute atomic E-state index is 0.00155. The van der Waals surface area contributed by atoms with E-state index in [1.807, 2.05) is 6.07 Å². The van der Waals surface area contributed by atoms with E-state index in [0.29, 0.717) is 15.6 Å². The summed E-state index contributed by atoms with van der Waals surface area (Å²) >= 11 is 12.4. The smallest absolute Gasteiger partial charge is 0.257 e. The number of nitrogens with zero attached hydrogens (tertiary/aromatic N) is 1. The van der Waals surface area contributed by atoms with Crippen molar-refractivity contribution in [3.05, 3.63) is 40.3 Å². The van der Waals surface area contributed by atoms with Gasteiger partial charge in [0.25, 0.3) is 5.91 Å². The zero-order valence-corrected chi connectivity index (χ0v) is 14.4. The number of rotatable bonds is 4. The molecule has 1 aromatic carbocycles. The van der Waals surface area contributed by atoms with Crippen molar-refractivity contribution in [2.24, 2.45) is 0 Å². The molecule has 0 aliphatic carbocycles. The predicted molar refractivity (Wildman–Crippen MR) is 93.5 cm³/mol. The van der Waals surface area contributed by atoms with Gasteiger partial charge in [0.15, 0.2) is 5.60 Å². The van der Waals surface area contributed by atoms with Gasteiger partial charge in [-0.15, -0.1) is 0 Å². The molecule has 7 nitrogen and oxygen atoms in total. The van der Waals surface area contributed by atoms with Gasteiger partial charge >= 0.3 is 0 Å². The molecular weight excluding hydrogens is 367 g/mol. The maximum atomic E-state index is 12.1. The summed E-state index contributed by atoms with van der Waals surface area (Å²) in [5.74, 6) is -0.473. The van der Waals surface area contributed by atoms with Gasteiger partial charge in [0.05, 0.1) is 41.5 Å². The number of hydrogen-bond acceptors (Lipinski definition) is 4. The fraction of sp³-hybridized carbons (Fsp3) is 0.250. The largest absolute Gasteiger partial charge is 0.376 e. The van der Waals surface area contributed by atoms with Gasteiger partial charge in [0.1, 0.15) is 0 Å². The number of carbonyl (C=O) groups excluding carboxylic acids is 1. The summed E-state index contributed by atoms with van der Waals surface area (Å²) in [6, 6.07) is 3.58. The number of aliphatic hydroxyl groups is 1. The monoisotopic (exact) mass is 380 g/mol. The second kappa shape index (κ2) is 6.03. The van der Waals surface area contributed by atoms with Gasteiger partial charge in [-0.2, -0.15) is 5.10 Å². The summed E-state index contributed by atoms with van der Waals surface area (Å²) in [6.45, 7) is 0.188. The first-order valence-electron chi connectivity index (χ1n) is 7.56. The highest BCUT2D eigenvalue weighted by Gasteiger charge is 2.43. The summed E-state index contributed by atoms with van der Waals surface area (Å²) in [7, 11) is 0. The van der Waals surface area contributed by atoms with Crippen LogP contribution in [0, 0.1) is 0 Å². The van der Waals surface area contributed by atoms with Crippen molar-refractivity contribution in [3.8, 4) is 11.1 Å².